The van der Waals surface area contributed by atoms with Crippen LogP contribution >= 0.6 is 0 Å². The highest BCUT2D eigenvalue weighted by molar-refractivity contribution is 5.89. The van der Waals surface area contributed by atoms with Gasteiger partial charge < -0.3 is 19.9 Å². The Labute approximate surface area is 141 Å². The quantitative estimate of drug-likeness (QED) is 0.909. The third-order valence-electron chi connectivity index (χ3n) is 3.94. The smallest absolute Gasteiger partial charge is 0.408 e. The van der Waals surface area contributed by atoms with Crippen LogP contribution in [0.1, 0.15) is 38.9 Å². The first-order valence-corrected chi connectivity index (χ1v) is 8.19. The average Bonchev–Trinajstić information content (AvgIpc) is 2.84. The van der Waals surface area contributed by atoms with Gasteiger partial charge in [-0.15, -0.1) is 0 Å². The molecule has 1 aliphatic rings. The Hall–Kier alpha value is -2.50. The zero-order valence-corrected chi connectivity index (χ0v) is 14.3. The number of carbonyl (C=O) groups excluding carboxylic acids is 2. The molecule has 0 saturated carbocycles. The number of alkyl carbamates (subject to hydrolysis) is 1. The lowest BCUT2D eigenvalue weighted by atomic mass is 10.1. The first kappa shape index (κ1) is 16.4. The number of aromatic amines is 1. The van der Waals surface area contributed by atoms with Gasteiger partial charge in [-0.05, 0) is 44.7 Å². The second-order valence-electron chi connectivity index (χ2n) is 7.07. The summed E-state index contributed by atoms with van der Waals surface area (Å²) in [4.78, 5) is 29.9. The average molecular weight is 329 g/mol. The van der Waals surface area contributed by atoms with E-state index in [9.17, 15) is 9.59 Å². The molecule has 1 unspecified atom stereocenters. The number of nitrogens with one attached hydrogen (secondary N) is 2. The Morgan fingerprint density at radius 2 is 1.96 bits per heavy atom. The van der Waals surface area contributed by atoms with Gasteiger partial charge in [-0.25, -0.2) is 4.79 Å². The SMILES string of the molecule is CC(C)(C)OC(=O)NC(C(=O)N1CCC1)c1cc2ccccc2[nH]1. The van der Waals surface area contributed by atoms with Crippen LogP contribution < -0.4 is 5.32 Å². The molecule has 6 nitrogen and oxygen atoms in total. The molecule has 0 radical (unpaired) electrons. The zero-order chi connectivity index (χ0) is 17.3. The van der Waals surface area contributed by atoms with Crippen LogP contribution in [-0.2, 0) is 9.53 Å². The van der Waals surface area contributed by atoms with Crippen LogP contribution in [-0.4, -0.2) is 40.6 Å². The molecule has 1 saturated heterocycles. The number of benzene rings is 1. The minimum Gasteiger partial charge on any atom is -0.444 e. The lowest BCUT2D eigenvalue weighted by Crippen LogP contribution is -2.49. The van der Waals surface area contributed by atoms with E-state index in [1.807, 2.05) is 30.3 Å². The predicted octanol–water partition coefficient (Wildman–Crippen LogP) is 2.97. The number of H-pyrrole nitrogens is 1. The number of hydrogen-bond acceptors (Lipinski definition) is 3. The monoisotopic (exact) mass is 329 g/mol. The molecule has 0 spiro atoms. The van der Waals surface area contributed by atoms with E-state index in [0.29, 0.717) is 5.69 Å². The highest BCUT2D eigenvalue weighted by Crippen LogP contribution is 2.24. The summed E-state index contributed by atoms with van der Waals surface area (Å²) in [5.41, 5.74) is 0.980. The number of para-hydroxylation sites is 1. The van der Waals surface area contributed by atoms with Crippen molar-refractivity contribution in [2.24, 2.45) is 0 Å². The lowest BCUT2D eigenvalue weighted by Gasteiger charge is -2.34. The molecule has 1 atom stereocenters. The number of amides is 2. The largest absolute Gasteiger partial charge is 0.444 e. The normalized spacial score (nSPS) is 15.7. The van der Waals surface area contributed by atoms with Gasteiger partial charge in [-0.3, -0.25) is 4.79 Å². The fourth-order valence-electron chi connectivity index (χ4n) is 2.67. The molecule has 1 fully saturated rings. The van der Waals surface area contributed by atoms with E-state index in [1.54, 1.807) is 25.7 Å². The van der Waals surface area contributed by atoms with E-state index in [-0.39, 0.29) is 5.91 Å². The predicted molar refractivity (Wildman–Crippen MR) is 91.6 cm³/mol. The number of nitrogens with zero attached hydrogens (tertiary/aromatic N) is 1. The second kappa shape index (κ2) is 6.19. The molecule has 128 valence electrons. The molecule has 0 bridgehead atoms. The number of rotatable bonds is 3. The van der Waals surface area contributed by atoms with Gasteiger partial charge in [0.05, 0.1) is 0 Å². The van der Waals surface area contributed by atoms with Crippen molar-refractivity contribution in [3.63, 3.8) is 0 Å². The van der Waals surface area contributed by atoms with Gasteiger partial charge >= 0.3 is 6.09 Å². The molecule has 0 aliphatic carbocycles. The van der Waals surface area contributed by atoms with E-state index in [4.69, 9.17) is 4.74 Å². The molecular weight excluding hydrogens is 306 g/mol. The Morgan fingerprint density at radius 1 is 1.25 bits per heavy atom. The fraction of sp³-hybridized carbons (Fsp3) is 0.444. The molecule has 6 heteroatoms. The summed E-state index contributed by atoms with van der Waals surface area (Å²) in [5, 5.41) is 3.72. The van der Waals surface area contributed by atoms with E-state index in [0.717, 1.165) is 30.4 Å². The van der Waals surface area contributed by atoms with Gasteiger partial charge in [0.2, 0.25) is 0 Å². The van der Waals surface area contributed by atoms with Crippen LogP contribution in [0.15, 0.2) is 30.3 Å². The first-order valence-electron chi connectivity index (χ1n) is 8.19. The van der Waals surface area contributed by atoms with Crippen molar-refractivity contribution in [3.05, 3.63) is 36.0 Å². The standard InChI is InChI=1S/C18H23N3O3/c1-18(2,3)24-17(23)20-15(16(22)21-9-6-10-21)14-11-12-7-4-5-8-13(12)19-14/h4-5,7-8,11,15,19H,6,9-10H2,1-3H3,(H,20,23). The van der Waals surface area contributed by atoms with Crippen LogP contribution in [0.4, 0.5) is 4.79 Å². The number of fused-ring (bicyclic) bond motifs is 1. The topological polar surface area (TPSA) is 74.4 Å². The summed E-state index contributed by atoms with van der Waals surface area (Å²) >= 11 is 0. The summed E-state index contributed by atoms with van der Waals surface area (Å²) in [6, 6.07) is 8.90. The zero-order valence-electron chi connectivity index (χ0n) is 14.3. The maximum absolute atomic E-state index is 12.7. The molecule has 1 aromatic carbocycles. The van der Waals surface area contributed by atoms with Crippen LogP contribution in [0.3, 0.4) is 0 Å². The first-order chi connectivity index (χ1) is 11.3. The lowest BCUT2D eigenvalue weighted by molar-refractivity contribution is -0.137. The molecule has 2 aromatic rings. The fourth-order valence-corrected chi connectivity index (χ4v) is 2.67. The summed E-state index contributed by atoms with van der Waals surface area (Å²) in [6.45, 7) is 6.84. The summed E-state index contributed by atoms with van der Waals surface area (Å²) in [6.07, 6.45) is 0.400. The molecule has 2 N–H and O–H groups in total. The molecule has 2 amide bonds. The van der Waals surface area contributed by atoms with Gasteiger partial charge in [0.1, 0.15) is 5.60 Å². The van der Waals surface area contributed by atoms with Gasteiger partial charge in [-0.2, -0.15) is 0 Å². The van der Waals surface area contributed by atoms with Gasteiger partial charge in [0.15, 0.2) is 6.04 Å². The van der Waals surface area contributed by atoms with Gasteiger partial charge in [0.25, 0.3) is 5.91 Å². The Bertz CT molecular complexity index is 723. The van der Waals surface area contributed by atoms with Crippen molar-refractivity contribution < 1.29 is 14.3 Å². The molecule has 3 rings (SSSR count). The van der Waals surface area contributed by atoms with E-state index in [2.05, 4.69) is 10.3 Å². The maximum Gasteiger partial charge on any atom is 0.408 e. The summed E-state index contributed by atoms with van der Waals surface area (Å²) < 4.78 is 5.31. The van der Waals surface area contributed by atoms with Crippen LogP contribution in [0.25, 0.3) is 10.9 Å². The van der Waals surface area contributed by atoms with Gasteiger partial charge in [0, 0.05) is 24.3 Å². The third-order valence-corrected chi connectivity index (χ3v) is 3.94. The van der Waals surface area contributed by atoms with Crippen molar-refractivity contribution >= 4 is 22.9 Å². The number of aromatic nitrogens is 1. The van der Waals surface area contributed by atoms with Crippen LogP contribution in [0.5, 0.6) is 0 Å². The molecule has 1 aliphatic heterocycles. The number of hydrogen-bond donors (Lipinski definition) is 2. The minimum atomic E-state index is -0.771. The van der Waals surface area contributed by atoms with Crippen LogP contribution in [0.2, 0.25) is 0 Å². The molecular formula is C18H23N3O3. The number of ether oxygens (including phenoxy) is 1. The van der Waals surface area contributed by atoms with Crippen molar-refractivity contribution in [3.8, 4) is 0 Å². The summed E-state index contributed by atoms with van der Waals surface area (Å²) in [5.74, 6) is -0.112. The number of likely N-dealkylation sites (tertiary alicyclic amines) is 1. The van der Waals surface area contributed by atoms with Crippen molar-refractivity contribution in [2.75, 3.05) is 13.1 Å². The van der Waals surface area contributed by atoms with Crippen molar-refractivity contribution in [2.45, 2.75) is 38.8 Å². The molecule has 1 aromatic heterocycles. The molecule has 24 heavy (non-hydrogen) atoms. The Kier molecular flexibility index (Phi) is 4.22. The Balaban J connectivity index is 1.86. The highest BCUT2D eigenvalue weighted by atomic mass is 16.6. The highest BCUT2D eigenvalue weighted by Gasteiger charge is 2.32. The van der Waals surface area contributed by atoms with E-state index >= 15 is 0 Å². The van der Waals surface area contributed by atoms with E-state index in [1.165, 1.54) is 0 Å². The van der Waals surface area contributed by atoms with Crippen LogP contribution in [0, 0.1) is 0 Å². The molecule has 2 heterocycles. The Morgan fingerprint density at radius 3 is 2.54 bits per heavy atom. The minimum absolute atomic E-state index is 0.112. The third kappa shape index (κ3) is 3.53. The van der Waals surface area contributed by atoms with Crippen molar-refractivity contribution in [1.82, 2.24) is 15.2 Å². The maximum atomic E-state index is 12.7. The van der Waals surface area contributed by atoms with E-state index < -0.39 is 17.7 Å². The second-order valence-corrected chi connectivity index (χ2v) is 7.07. The van der Waals surface area contributed by atoms with Crippen molar-refractivity contribution in [1.29, 1.82) is 0 Å². The van der Waals surface area contributed by atoms with Gasteiger partial charge in [-0.1, -0.05) is 18.2 Å². The number of carbonyl (C=O) groups is 2. The summed E-state index contributed by atoms with van der Waals surface area (Å²) in [7, 11) is 0.